The van der Waals surface area contributed by atoms with E-state index in [1.54, 1.807) is 36.4 Å². The minimum absolute atomic E-state index is 0.101. The Morgan fingerprint density at radius 1 is 0.529 bits per heavy atom. The monoisotopic (exact) mass is 1050 g/mol. The van der Waals surface area contributed by atoms with Crippen molar-refractivity contribution < 1.29 is 70.9 Å². The summed E-state index contributed by atoms with van der Waals surface area (Å²) >= 11 is -2.52. The summed E-state index contributed by atoms with van der Waals surface area (Å²) in [6, 6.07) is 21.8. The van der Waals surface area contributed by atoms with E-state index in [4.69, 9.17) is 5.73 Å². The molecule has 0 radical (unpaired) electrons. The minimum atomic E-state index is -5.29. The second kappa shape index (κ2) is 18.0. The van der Waals surface area contributed by atoms with Crippen LogP contribution in [0.1, 0.15) is 0 Å². The van der Waals surface area contributed by atoms with Gasteiger partial charge in [0, 0.05) is 21.8 Å². The van der Waals surface area contributed by atoms with Gasteiger partial charge in [0.05, 0.1) is 38.2 Å². The van der Waals surface area contributed by atoms with E-state index in [0.29, 0.717) is 16.8 Å². The quantitative estimate of drug-likeness (QED) is 0.0181. The van der Waals surface area contributed by atoms with E-state index in [1.165, 1.54) is 30.3 Å². The predicted molar refractivity (Wildman–Crippen MR) is 254 cm³/mol. The van der Waals surface area contributed by atoms with Crippen molar-refractivity contribution in [1.29, 1.82) is 0 Å². The number of nitrogens with zero attached hydrogens (tertiary/aromatic N) is 5. The number of rotatable bonds is 14. The maximum absolute atomic E-state index is 12.8. The second-order valence-electron chi connectivity index (χ2n) is 14.6. The second-order valence-corrected chi connectivity index (χ2v) is 20.9. The third-order valence-corrected chi connectivity index (χ3v) is 13.8. The molecule has 0 aliphatic heterocycles. The lowest BCUT2D eigenvalue weighted by Gasteiger charge is -2.17. The molecule has 362 valence electrons. The number of nitrogens with two attached hydrogens (primary N) is 1. The predicted octanol–water partition coefficient (Wildman–Crippen LogP) is 6.51. The summed E-state index contributed by atoms with van der Waals surface area (Å²) < 4.78 is 164. The molecule has 26 nitrogen and oxygen atoms in total. The van der Waals surface area contributed by atoms with Gasteiger partial charge in [0.15, 0.2) is 5.75 Å². The van der Waals surface area contributed by atoms with Crippen molar-refractivity contribution in [3.8, 4) is 11.5 Å². The van der Waals surface area contributed by atoms with E-state index < -0.39 is 145 Å². The lowest BCUT2D eigenvalue weighted by atomic mass is 10.1. The molecule has 1 unspecified atom stereocenters. The summed E-state index contributed by atoms with van der Waals surface area (Å²) in [4.78, 5) is 8.86. The highest BCUT2D eigenvalue weighted by molar-refractivity contribution is 7.86. The van der Waals surface area contributed by atoms with Gasteiger partial charge in [-0.3, -0.25) is 27.5 Å². The van der Waals surface area contributed by atoms with Gasteiger partial charge in [-0.15, -0.1) is 10.2 Å². The summed E-state index contributed by atoms with van der Waals surface area (Å²) in [7, 11) is -20.7. The maximum Gasteiger partial charge on any atom is 0.296 e. The summed E-state index contributed by atoms with van der Waals surface area (Å²) in [6.07, 6.45) is 0. The molecule has 0 aliphatic rings. The van der Waals surface area contributed by atoms with Gasteiger partial charge in [0.1, 0.15) is 21.2 Å². The van der Waals surface area contributed by atoms with E-state index in [2.05, 4.69) is 45.9 Å². The minimum Gasteiger partial charge on any atom is -0.505 e. The van der Waals surface area contributed by atoms with Gasteiger partial charge in [0.25, 0.3) is 51.7 Å². The van der Waals surface area contributed by atoms with E-state index in [0.717, 1.165) is 30.3 Å². The van der Waals surface area contributed by atoms with Crippen LogP contribution >= 0.6 is 0 Å². The van der Waals surface area contributed by atoms with Crippen molar-refractivity contribution in [3.05, 3.63) is 103 Å². The topological polar surface area (TPSA) is 433 Å². The molecule has 13 N–H and O–H groups in total. The lowest BCUT2D eigenvalue weighted by Crippen LogP contribution is -2.10. The lowest BCUT2D eigenvalue weighted by molar-refractivity contribution is 0.472. The Morgan fingerprint density at radius 3 is 1.59 bits per heavy atom. The first kappa shape index (κ1) is 48.7. The van der Waals surface area contributed by atoms with Gasteiger partial charge in [-0.05, 0) is 76.8 Å². The van der Waals surface area contributed by atoms with E-state index in [-0.39, 0.29) is 17.1 Å². The Bertz CT molecular complexity index is 4050. The number of phenolic OH excluding ortho intramolecular Hbond substituents is 2. The number of hydrogen-bond donors (Lipinski definition) is 12. The van der Waals surface area contributed by atoms with Gasteiger partial charge in [-0.2, -0.15) is 48.6 Å². The molecule has 1 aromatic heterocycles. The van der Waals surface area contributed by atoms with Gasteiger partial charge < -0.3 is 31.9 Å². The van der Waals surface area contributed by atoms with Crippen LogP contribution in [0.3, 0.4) is 0 Å². The highest BCUT2D eigenvalue weighted by Crippen LogP contribution is 2.47. The fraction of sp³-hybridized carbons (Fsp3) is 0. The normalized spacial score (nSPS) is 12.9. The fourth-order valence-electron chi connectivity index (χ4n) is 7.02. The van der Waals surface area contributed by atoms with Gasteiger partial charge in [-0.25, -0.2) is 4.21 Å². The van der Waals surface area contributed by atoms with Gasteiger partial charge in [0.2, 0.25) is 17.8 Å². The van der Waals surface area contributed by atoms with Crippen LogP contribution in [0.5, 0.6) is 11.5 Å². The SMILES string of the molecule is Nc1c(S(=O)(=O)O)cc2cc(S(=O)(=O)O)cc(Nc3nc(Nc4cccc(NS(=O)O)c4)nc(Nc4cc(S(=O)(=O)O)cc5cc(S(=O)(=O)O)c(N=Nc6cccc7ccccc67)c(O)c45)n3)c2c1O. The summed E-state index contributed by atoms with van der Waals surface area (Å²) in [5.41, 5.74) is 3.55. The molecule has 70 heavy (non-hydrogen) atoms. The average Bonchev–Trinajstić information content (AvgIpc) is 3.25. The number of anilines is 8. The van der Waals surface area contributed by atoms with Crippen LogP contribution < -0.4 is 26.4 Å². The van der Waals surface area contributed by atoms with Crippen molar-refractivity contribution in [3.63, 3.8) is 0 Å². The number of hydrogen-bond acceptors (Lipinski definition) is 20. The van der Waals surface area contributed by atoms with E-state index in [9.17, 15) is 70.9 Å². The number of benzene rings is 7. The zero-order valence-corrected chi connectivity index (χ0v) is 38.6. The van der Waals surface area contributed by atoms with Crippen molar-refractivity contribution >= 4 is 142 Å². The fourth-order valence-corrected chi connectivity index (χ4v) is 9.74. The van der Waals surface area contributed by atoms with Crippen molar-refractivity contribution in [2.75, 3.05) is 26.4 Å². The summed E-state index contributed by atoms with van der Waals surface area (Å²) in [5.74, 6) is -3.74. The molecule has 1 heterocycles. The molecule has 0 bridgehead atoms. The molecule has 0 spiro atoms. The zero-order valence-electron chi connectivity index (χ0n) is 34.5. The first-order valence-electron chi connectivity index (χ1n) is 19.0. The number of phenols is 2. The Hall–Kier alpha value is -7.72. The van der Waals surface area contributed by atoms with Gasteiger partial charge >= 0.3 is 0 Å². The molecule has 1 atom stereocenters. The molecule has 0 aliphatic carbocycles. The first-order valence-corrected chi connectivity index (χ1v) is 25.9. The Morgan fingerprint density at radius 2 is 1.03 bits per heavy atom. The van der Waals surface area contributed by atoms with Crippen LogP contribution in [0.15, 0.2) is 133 Å². The average molecular weight is 1060 g/mol. The van der Waals surface area contributed by atoms with E-state index >= 15 is 0 Å². The molecule has 0 amide bonds. The molecule has 0 saturated heterocycles. The number of nitrogens with one attached hydrogen (secondary N) is 4. The summed E-state index contributed by atoms with van der Waals surface area (Å²) in [5, 5.41) is 38.7. The smallest absolute Gasteiger partial charge is 0.296 e. The number of fused-ring (bicyclic) bond motifs is 3. The van der Waals surface area contributed by atoms with Crippen LogP contribution in [0.25, 0.3) is 32.3 Å². The molecular weight excluding hydrogens is 1020 g/mol. The van der Waals surface area contributed by atoms with Crippen LogP contribution in [0.2, 0.25) is 0 Å². The Kier molecular flexibility index (Phi) is 12.5. The molecule has 7 aromatic carbocycles. The standard InChI is InChI=1S/C39H30N10O16S5/c40-33-29(69(60,61)62)13-19-11-23(67(54,55)56)16-27(31(19)35(33)50)42-38-44-37(41-21-7-4-8-22(15-21)49-66(52)53)45-39(46-38)43-28-17-24(68(57,58)59)12-20-14-30(70(63,64)65)34(36(51)32(20)28)48-47-26-10-3-6-18-5-1-2-9-25(18)26/h1-17,49-51H,40H2,(H,52,53)(H,54,55,56)(H,57,58,59)(H,60,61,62)(H,63,64,65)(H3,41,42,43,44,45,46). The molecule has 8 rings (SSSR count). The van der Waals surface area contributed by atoms with Crippen molar-refractivity contribution in [2.24, 2.45) is 10.2 Å². The largest absolute Gasteiger partial charge is 0.505 e. The number of aromatic nitrogens is 3. The highest BCUT2D eigenvalue weighted by atomic mass is 32.2. The molecule has 0 fully saturated rings. The highest BCUT2D eigenvalue weighted by Gasteiger charge is 2.28. The van der Waals surface area contributed by atoms with Crippen LogP contribution in [0, 0.1) is 0 Å². The van der Waals surface area contributed by atoms with Crippen molar-refractivity contribution in [1.82, 2.24) is 15.0 Å². The van der Waals surface area contributed by atoms with Gasteiger partial charge in [-0.1, -0.05) is 42.5 Å². The Labute approximate surface area is 396 Å². The number of azo groups is 1. The summed E-state index contributed by atoms with van der Waals surface area (Å²) in [6.45, 7) is 0. The van der Waals surface area contributed by atoms with Crippen LogP contribution in [-0.4, -0.2) is 85.8 Å². The molecule has 8 aromatic rings. The van der Waals surface area contributed by atoms with E-state index in [1.807, 2.05) is 0 Å². The number of nitrogen functional groups attached to an aromatic ring is 1. The van der Waals surface area contributed by atoms with Crippen molar-refractivity contribution in [2.45, 2.75) is 19.6 Å². The zero-order chi connectivity index (χ0) is 50.7. The number of aromatic hydroxyl groups is 2. The first-order chi connectivity index (χ1) is 32.7. The molecule has 31 heteroatoms. The Balaban J connectivity index is 1.35. The maximum atomic E-state index is 12.8. The third kappa shape index (κ3) is 10.2. The molecular formula is C39H30N10O16S5. The van der Waals surface area contributed by atoms with Crippen LogP contribution in [0.4, 0.5) is 57.7 Å². The molecule has 0 saturated carbocycles. The van der Waals surface area contributed by atoms with Crippen LogP contribution in [-0.2, 0) is 51.7 Å². The third-order valence-electron chi connectivity index (χ3n) is 9.94.